The third-order valence-corrected chi connectivity index (χ3v) is 5.25. The fourth-order valence-electron chi connectivity index (χ4n) is 2.63. The molecule has 5 heteroatoms. The zero-order valence-corrected chi connectivity index (χ0v) is 15.7. The number of anilines is 1. The highest BCUT2D eigenvalue weighted by Crippen LogP contribution is 2.28. The summed E-state index contributed by atoms with van der Waals surface area (Å²) in [6.45, 7) is 0.442. The zero-order chi connectivity index (χ0) is 18.5. The molecule has 3 rings (SSSR count). The Kier molecular flexibility index (Phi) is 5.71. The predicted molar refractivity (Wildman–Crippen MR) is 107 cm³/mol. The molecule has 0 saturated heterocycles. The summed E-state index contributed by atoms with van der Waals surface area (Å²) >= 11 is 1.51. The standard InChI is InChI=1S/C21H22N2O2S/c1-23(2)17-10-6-9-16(13-17)21(25)22-14-18-11-12-19(26-18)20(24)15-7-4-3-5-8-15/h3-13,20,24H,14H2,1-2H3,(H,22,25). The molecule has 1 amide bonds. The molecule has 26 heavy (non-hydrogen) atoms. The molecule has 0 fully saturated rings. The molecule has 4 nitrogen and oxygen atoms in total. The van der Waals surface area contributed by atoms with Crippen LogP contribution in [0.4, 0.5) is 5.69 Å². The van der Waals surface area contributed by atoms with Gasteiger partial charge in [0.25, 0.3) is 5.91 Å². The Labute approximate surface area is 157 Å². The van der Waals surface area contributed by atoms with Crippen LogP contribution in [-0.4, -0.2) is 25.1 Å². The van der Waals surface area contributed by atoms with Crippen molar-refractivity contribution in [1.29, 1.82) is 0 Å². The summed E-state index contributed by atoms with van der Waals surface area (Å²) in [5, 5.41) is 13.4. The molecule has 0 spiro atoms. The van der Waals surface area contributed by atoms with Crippen LogP contribution in [-0.2, 0) is 6.54 Å². The van der Waals surface area contributed by atoms with Gasteiger partial charge in [-0.1, -0.05) is 36.4 Å². The number of nitrogens with one attached hydrogen (secondary N) is 1. The first kappa shape index (κ1) is 18.2. The molecule has 2 aromatic carbocycles. The lowest BCUT2D eigenvalue weighted by molar-refractivity contribution is 0.0951. The Morgan fingerprint density at radius 1 is 1.08 bits per heavy atom. The highest BCUT2D eigenvalue weighted by atomic mass is 32.1. The molecule has 0 radical (unpaired) electrons. The van der Waals surface area contributed by atoms with Crippen molar-refractivity contribution in [3.05, 3.63) is 87.6 Å². The molecule has 1 unspecified atom stereocenters. The van der Waals surface area contributed by atoms with Crippen molar-refractivity contribution in [2.45, 2.75) is 12.6 Å². The van der Waals surface area contributed by atoms with Crippen molar-refractivity contribution in [2.75, 3.05) is 19.0 Å². The van der Waals surface area contributed by atoms with Gasteiger partial charge in [-0.05, 0) is 35.9 Å². The number of rotatable bonds is 6. The third-order valence-electron chi connectivity index (χ3n) is 4.12. The van der Waals surface area contributed by atoms with E-state index in [4.69, 9.17) is 0 Å². The minimum atomic E-state index is -0.637. The van der Waals surface area contributed by atoms with Crippen LogP contribution in [0.1, 0.15) is 31.8 Å². The van der Waals surface area contributed by atoms with Gasteiger partial charge in [0.2, 0.25) is 0 Å². The first-order chi connectivity index (χ1) is 12.5. The lowest BCUT2D eigenvalue weighted by atomic mass is 10.1. The number of carbonyl (C=O) groups is 1. The SMILES string of the molecule is CN(C)c1cccc(C(=O)NCc2ccc(C(O)c3ccccc3)s2)c1. The van der Waals surface area contributed by atoms with Crippen LogP contribution in [0.2, 0.25) is 0 Å². The van der Waals surface area contributed by atoms with Gasteiger partial charge < -0.3 is 15.3 Å². The van der Waals surface area contributed by atoms with Crippen LogP contribution >= 0.6 is 11.3 Å². The summed E-state index contributed by atoms with van der Waals surface area (Å²) in [5.41, 5.74) is 2.49. The molecule has 0 saturated carbocycles. The van der Waals surface area contributed by atoms with Crippen molar-refractivity contribution < 1.29 is 9.90 Å². The molecule has 0 bridgehead atoms. The lowest BCUT2D eigenvalue weighted by Gasteiger charge is -2.13. The molecule has 0 aliphatic carbocycles. The van der Waals surface area contributed by atoms with Gasteiger partial charge in [-0.2, -0.15) is 0 Å². The second-order valence-corrected chi connectivity index (χ2v) is 7.44. The maximum atomic E-state index is 12.4. The molecule has 1 heterocycles. The minimum absolute atomic E-state index is 0.104. The monoisotopic (exact) mass is 366 g/mol. The average molecular weight is 366 g/mol. The Morgan fingerprint density at radius 3 is 2.58 bits per heavy atom. The predicted octanol–water partition coefficient (Wildman–Crippen LogP) is 3.83. The van der Waals surface area contributed by atoms with Crippen LogP contribution < -0.4 is 10.2 Å². The van der Waals surface area contributed by atoms with E-state index < -0.39 is 6.10 Å². The molecule has 1 atom stereocenters. The van der Waals surface area contributed by atoms with E-state index in [0.717, 1.165) is 21.0 Å². The van der Waals surface area contributed by atoms with Gasteiger partial charge in [0.05, 0.1) is 6.54 Å². The normalized spacial score (nSPS) is 11.8. The highest BCUT2D eigenvalue weighted by Gasteiger charge is 2.13. The maximum absolute atomic E-state index is 12.4. The Hall–Kier alpha value is -2.63. The number of hydrogen-bond donors (Lipinski definition) is 2. The number of benzene rings is 2. The maximum Gasteiger partial charge on any atom is 0.251 e. The van der Waals surface area contributed by atoms with E-state index in [9.17, 15) is 9.90 Å². The van der Waals surface area contributed by atoms with E-state index in [0.29, 0.717) is 12.1 Å². The van der Waals surface area contributed by atoms with Crippen LogP contribution in [0, 0.1) is 0 Å². The van der Waals surface area contributed by atoms with Crippen molar-refractivity contribution in [1.82, 2.24) is 5.32 Å². The number of aliphatic hydroxyl groups excluding tert-OH is 1. The Bertz CT molecular complexity index is 874. The van der Waals surface area contributed by atoms with Crippen LogP contribution in [0.25, 0.3) is 0 Å². The van der Waals surface area contributed by atoms with E-state index >= 15 is 0 Å². The first-order valence-electron chi connectivity index (χ1n) is 8.42. The van der Waals surface area contributed by atoms with Gasteiger partial charge in [0.1, 0.15) is 6.10 Å². The smallest absolute Gasteiger partial charge is 0.251 e. The largest absolute Gasteiger partial charge is 0.383 e. The molecular formula is C21H22N2O2S. The number of hydrogen-bond acceptors (Lipinski definition) is 4. The second kappa shape index (κ2) is 8.17. The van der Waals surface area contributed by atoms with Crippen LogP contribution in [0.3, 0.4) is 0 Å². The number of nitrogens with zero attached hydrogens (tertiary/aromatic N) is 1. The van der Waals surface area contributed by atoms with Crippen LogP contribution in [0.5, 0.6) is 0 Å². The molecular weight excluding hydrogens is 344 g/mol. The van der Waals surface area contributed by atoms with Gasteiger partial charge in [-0.25, -0.2) is 0 Å². The fraction of sp³-hybridized carbons (Fsp3) is 0.190. The molecule has 134 valence electrons. The quantitative estimate of drug-likeness (QED) is 0.697. The van der Waals surface area contributed by atoms with E-state index in [-0.39, 0.29) is 5.91 Å². The van der Waals surface area contributed by atoms with E-state index in [2.05, 4.69) is 5.32 Å². The summed E-state index contributed by atoms with van der Waals surface area (Å²) in [4.78, 5) is 16.2. The Morgan fingerprint density at radius 2 is 1.85 bits per heavy atom. The first-order valence-corrected chi connectivity index (χ1v) is 9.23. The topological polar surface area (TPSA) is 52.6 Å². The Balaban J connectivity index is 1.63. The summed E-state index contributed by atoms with van der Waals surface area (Å²) in [5.74, 6) is -0.104. The van der Waals surface area contributed by atoms with Gasteiger partial charge in [-0.15, -0.1) is 11.3 Å². The molecule has 0 aliphatic heterocycles. The minimum Gasteiger partial charge on any atom is -0.383 e. The fourth-order valence-corrected chi connectivity index (χ4v) is 3.60. The van der Waals surface area contributed by atoms with Crippen molar-refractivity contribution in [2.24, 2.45) is 0 Å². The second-order valence-electron chi connectivity index (χ2n) is 6.24. The summed E-state index contributed by atoms with van der Waals surface area (Å²) < 4.78 is 0. The van der Waals surface area contributed by atoms with Gasteiger partial charge in [-0.3, -0.25) is 4.79 Å². The van der Waals surface area contributed by atoms with Gasteiger partial charge >= 0.3 is 0 Å². The summed E-state index contributed by atoms with van der Waals surface area (Å²) in [7, 11) is 3.89. The van der Waals surface area contributed by atoms with Crippen molar-refractivity contribution in [3.8, 4) is 0 Å². The lowest BCUT2D eigenvalue weighted by Crippen LogP contribution is -2.22. The summed E-state index contributed by atoms with van der Waals surface area (Å²) in [6.07, 6.45) is -0.637. The zero-order valence-electron chi connectivity index (χ0n) is 14.8. The molecule has 0 aliphatic rings. The number of aliphatic hydroxyl groups is 1. The van der Waals surface area contributed by atoms with Gasteiger partial charge in [0.15, 0.2) is 0 Å². The number of amides is 1. The van der Waals surface area contributed by atoms with E-state index in [1.807, 2.05) is 79.7 Å². The molecule has 1 aromatic heterocycles. The highest BCUT2D eigenvalue weighted by molar-refractivity contribution is 7.12. The number of carbonyl (C=O) groups excluding carboxylic acids is 1. The molecule has 3 aromatic rings. The average Bonchev–Trinajstić information content (AvgIpc) is 3.15. The third kappa shape index (κ3) is 4.31. The van der Waals surface area contributed by atoms with Crippen molar-refractivity contribution in [3.63, 3.8) is 0 Å². The number of thiophene rings is 1. The van der Waals surface area contributed by atoms with E-state index in [1.54, 1.807) is 6.07 Å². The van der Waals surface area contributed by atoms with Crippen LogP contribution in [0.15, 0.2) is 66.7 Å². The summed E-state index contributed by atoms with van der Waals surface area (Å²) in [6, 6.07) is 20.9. The van der Waals surface area contributed by atoms with E-state index in [1.165, 1.54) is 11.3 Å². The molecule has 2 N–H and O–H groups in total. The van der Waals surface area contributed by atoms with Crippen molar-refractivity contribution >= 4 is 22.9 Å². The van der Waals surface area contributed by atoms with Gasteiger partial charge in [0, 0.05) is 35.1 Å².